The van der Waals surface area contributed by atoms with E-state index in [1.165, 1.54) is 0 Å². The van der Waals surface area contributed by atoms with Crippen LogP contribution >= 0.6 is 35.3 Å². The number of benzene rings is 1. The first-order valence-electron chi connectivity index (χ1n) is 4.44. The molecule has 0 fully saturated rings. The molecule has 0 aliphatic rings. The van der Waals surface area contributed by atoms with Gasteiger partial charge in [0.25, 0.3) is 0 Å². The van der Waals surface area contributed by atoms with Crippen LogP contribution < -0.4 is 5.73 Å². The van der Waals surface area contributed by atoms with Crippen molar-refractivity contribution in [3.63, 3.8) is 0 Å². The summed E-state index contributed by atoms with van der Waals surface area (Å²) in [6.07, 6.45) is 0. The standard InChI is InChI=1S/C11H10ClNOS.ClH/c12-9-5-7(1-2-10(9)14)11(13)8-3-4-15-6-8;/h1-6,11,14H,13H2;1H/t11-;/m0./s1. The number of phenols is 1. The predicted molar refractivity (Wildman–Crippen MR) is 70.7 cm³/mol. The van der Waals surface area contributed by atoms with Crippen LogP contribution in [0.5, 0.6) is 5.75 Å². The molecule has 0 radical (unpaired) electrons. The molecule has 0 saturated carbocycles. The molecule has 1 atom stereocenters. The van der Waals surface area contributed by atoms with Crippen LogP contribution in [0.4, 0.5) is 0 Å². The van der Waals surface area contributed by atoms with Crippen molar-refractivity contribution >= 4 is 35.3 Å². The maximum atomic E-state index is 9.29. The summed E-state index contributed by atoms with van der Waals surface area (Å²) in [5, 5.41) is 13.6. The Morgan fingerprint density at radius 1 is 1.25 bits per heavy atom. The van der Waals surface area contributed by atoms with E-state index in [2.05, 4.69) is 0 Å². The van der Waals surface area contributed by atoms with Crippen molar-refractivity contribution in [1.29, 1.82) is 0 Å². The van der Waals surface area contributed by atoms with E-state index in [1.54, 1.807) is 29.5 Å². The molecule has 0 aliphatic carbocycles. The van der Waals surface area contributed by atoms with Gasteiger partial charge in [0.05, 0.1) is 11.1 Å². The molecule has 0 aliphatic heterocycles. The highest BCUT2D eigenvalue weighted by Gasteiger charge is 2.10. The van der Waals surface area contributed by atoms with Crippen LogP contribution in [0.15, 0.2) is 35.0 Å². The van der Waals surface area contributed by atoms with Gasteiger partial charge in [0, 0.05) is 0 Å². The van der Waals surface area contributed by atoms with Crippen molar-refractivity contribution in [1.82, 2.24) is 0 Å². The first-order valence-corrected chi connectivity index (χ1v) is 5.76. The Kier molecular flexibility index (Phi) is 4.62. The highest BCUT2D eigenvalue weighted by atomic mass is 35.5. The molecule has 16 heavy (non-hydrogen) atoms. The monoisotopic (exact) mass is 275 g/mol. The fourth-order valence-electron chi connectivity index (χ4n) is 1.36. The zero-order valence-corrected chi connectivity index (χ0v) is 10.6. The lowest BCUT2D eigenvalue weighted by Crippen LogP contribution is -2.10. The van der Waals surface area contributed by atoms with E-state index >= 15 is 0 Å². The van der Waals surface area contributed by atoms with Crippen LogP contribution in [0, 0.1) is 0 Å². The lowest BCUT2D eigenvalue weighted by atomic mass is 10.0. The molecule has 5 heteroatoms. The quantitative estimate of drug-likeness (QED) is 0.880. The third-order valence-electron chi connectivity index (χ3n) is 2.23. The normalized spacial score (nSPS) is 11.9. The number of nitrogens with two attached hydrogens (primary N) is 1. The lowest BCUT2D eigenvalue weighted by Gasteiger charge is -2.11. The number of hydrogen-bond acceptors (Lipinski definition) is 3. The fraction of sp³-hybridized carbons (Fsp3) is 0.0909. The zero-order chi connectivity index (χ0) is 10.8. The molecule has 1 aromatic carbocycles. The molecular weight excluding hydrogens is 265 g/mol. The molecule has 2 rings (SSSR count). The van der Waals surface area contributed by atoms with Crippen molar-refractivity contribution in [3.05, 3.63) is 51.2 Å². The highest BCUT2D eigenvalue weighted by molar-refractivity contribution is 7.08. The molecule has 2 nitrogen and oxygen atoms in total. The van der Waals surface area contributed by atoms with Crippen molar-refractivity contribution in [2.75, 3.05) is 0 Å². The van der Waals surface area contributed by atoms with Crippen LogP contribution in [-0.4, -0.2) is 5.11 Å². The Bertz CT molecular complexity index is 459. The Hall–Kier alpha value is -0.740. The van der Waals surface area contributed by atoms with Gasteiger partial charge in [0.1, 0.15) is 5.75 Å². The van der Waals surface area contributed by atoms with Gasteiger partial charge in [-0.3, -0.25) is 0 Å². The summed E-state index contributed by atoms with van der Waals surface area (Å²) < 4.78 is 0. The summed E-state index contributed by atoms with van der Waals surface area (Å²) in [6, 6.07) is 6.83. The number of thiophene rings is 1. The van der Waals surface area contributed by atoms with Crippen LogP contribution in [0.25, 0.3) is 0 Å². The number of rotatable bonds is 2. The third kappa shape index (κ3) is 2.68. The second-order valence-corrected chi connectivity index (χ2v) is 4.43. The molecule has 0 bridgehead atoms. The summed E-state index contributed by atoms with van der Waals surface area (Å²) in [4.78, 5) is 0. The average Bonchev–Trinajstić information content (AvgIpc) is 2.74. The molecule has 0 saturated heterocycles. The van der Waals surface area contributed by atoms with Gasteiger partial charge in [-0.15, -0.1) is 12.4 Å². The van der Waals surface area contributed by atoms with E-state index in [0.717, 1.165) is 11.1 Å². The van der Waals surface area contributed by atoms with Gasteiger partial charge in [0.15, 0.2) is 0 Å². The first kappa shape index (κ1) is 13.3. The summed E-state index contributed by atoms with van der Waals surface area (Å²) in [5.41, 5.74) is 8.00. The first-order chi connectivity index (χ1) is 7.18. The smallest absolute Gasteiger partial charge is 0.134 e. The van der Waals surface area contributed by atoms with E-state index in [1.807, 2.05) is 16.8 Å². The SMILES string of the molecule is Cl.N[C@H](c1ccsc1)c1ccc(O)c(Cl)c1. The van der Waals surface area contributed by atoms with Crippen LogP contribution in [-0.2, 0) is 0 Å². The minimum Gasteiger partial charge on any atom is -0.506 e. The summed E-state index contributed by atoms with van der Waals surface area (Å²) >= 11 is 7.42. The molecule has 1 heterocycles. The molecule has 0 amide bonds. The van der Waals surface area contributed by atoms with Gasteiger partial charge in [-0.1, -0.05) is 17.7 Å². The molecule has 2 aromatic rings. The second kappa shape index (κ2) is 5.55. The summed E-state index contributed by atoms with van der Waals surface area (Å²) in [5.74, 6) is 0.0814. The van der Waals surface area contributed by atoms with E-state index in [0.29, 0.717) is 5.02 Å². The topological polar surface area (TPSA) is 46.2 Å². The number of halogens is 2. The number of hydrogen-bond donors (Lipinski definition) is 2. The van der Waals surface area contributed by atoms with Crippen LogP contribution in [0.1, 0.15) is 17.2 Å². The molecule has 0 unspecified atom stereocenters. The van der Waals surface area contributed by atoms with Crippen molar-refractivity contribution in [2.45, 2.75) is 6.04 Å². The molecule has 86 valence electrons. The number of aromatic hydroxyl groups is 1. The number of phenolic OH excluding ortho intramolecular Hbond substituents is 1. The maximum Gasteiger partial charge on any atom is 0.134 e. The average molecular weight is 276 g/mol. The van der Waals surface area contributed by atoms with Crippen molar-refractivity contribution < 1.29 is 5.11 Å². The van der Waals surface area contributed by atoms with Gasteiger partial charge >= 0.3 is 0 Å². The predicted octanol–water partition coefficient (Wildman–Crippen LogP) is 3.58. The van der Waals surface area contributed by atoms with E-state index in [-0.39, 0.29) is 24.2 Å². The molecule has 3 N–H and O–H groups in total. The van der Waals surface area contributed by atoms with Crippen LogP contribution in [0.3, 0.4) is 0 Å². The van der Waals surface area contributed by atoms with Gasteiger partial charge < -0.3 is 10.8 Å². The Morgan fingerprint density at radius 2 is 2.00 bits per heavy atom. The van der Waals surface area contributed by atoms with Gasteiger partial charge in [-0.05, 0) is 40.1 Å². The third-order valence-corrected chi connectivity index (χ3v) is 3.24. The lowest BCUT2D eigenvalue weighted by molar-refractivity contribution is 0.475. The second-order valence-electron chi connectivity index (χ2n) is 3.25. The van der Waals surface area contributed by atoms with E-state index < -0.39 is 0 Å². The van der Waals surface area contributed by atoms with Gasteiger partial charge in [-0.2, -0.15) is 11.3 Å². The fourth-order valence-corrected chi connectivity index (χ4v) is 2.25. The minimum absolute atomic E-state index is 0. The highest BCUT2D eigenvalue weighted by Crippen LogP contribution is 2.28. The van der Waals surface area contributed by atoms with Crippen molar-refractivity contribution in [3.8, 4) is 5.75 Å². The zero-order valence-electron chi connectivity index (χ0n) is 8.26. The minimum atomic E-state index is -0.186. The van der Waals surface area contributed by atoms with Crippen LogP contribution in [0.2, 0.25) is 5.02 Å². The van der Waals surface area contributed by atoms with Crippen molar-refractivity contribution in [2.24, 2.45) is 5.73 Å². The summed E-state index contributed by atoms with van der Waals surface area (Å²) in [6.45, 7) is 0. The molecule has 0 spiro atoms. The van der Waals surface area contributed by atoms with Gasteiger partial charge in [-0.25, -0.2) is 0 Å². The van der Waals surface area contributed by atoms with E-state index in [4.69, 9.17) is 17.3 Å². The van der Waals surface area contributed by atoms with E-state index in [9.17, 15) is 5.11 Å². The molecule has 1 aromatic heterocycles. The summed E-state index contributed by atoms with van der Waals surface area (Å²) in [7, 11) is 0. The maximum absolute atomic E-state index is 9.29. The largest absolute Gasteiger partial charge is 0.506 e. The Balaban J connectivity index is 0.00000128. The Morgan fingerprint density at radius 3 is 2.56 bits per heavy atom. The molecular formula is C11H11Cl2NOS. The van der Waals surface area contributed by atoms with Gasteiger partial charge in [0.2, 0.25) is 0 Å². The Labute approximate surface area is 109 Å².